The number of sulfonamides is 1. The molecule has 34 heavy (non-hydrogen) atoms. The second-order valence-electron chi connectivity index (χ2n) is 8.58. The summed E-state index contributed by atoms with van der Waals surface area (Å²) < 4.78 is 71.3. The van der Waals surface area contributed by atoms with Crippen LogP contribution in [-0.4, -0.2) is 71.5 Å². The molecular weight excluding hydrogens is 477 g/mol. The first-order valence-electron chi connectivity index (χ1n) is 10.7. The Morgan fingerprint density at radius 2 is 1.82 bits per heavy atom. The van der Waals surface area contributed by atoms with E-state index in [1.54, 1.807) is 0 Å². The number of rotatable bonds is 5. The van der Waals surface area contributed by atoms with Crippen molar-refractivity contribution in [2.75, 3.05) is 24.5 Å². The number of alkyl halides is 3. The number of carbonyl (C=O) groups excluding carboxylic acids is 1. The lowest BCUT2D eigenvalue weighted by atomic mass is 9.75. The standard InChI is InChI=1S/C21H25F3N4O5S/c1-14(21(22,23)24)33-16-5-3-15(4-6-16)28-12-9-20(19(28)30)8-11-27(13-17(20)29)34(31,32)18-7-10-25-26(18)2/h3-7,10,14,17,29H,8-9,11-13H2,1-2H3. The molecule has 1 aromatic heterocycles. The fraction of sp³-hybridized carbons (Fsp3) is 0.524. The summed E-state index contributed by atoms with van der Waals surface area (Å²) in [5.74, 6) is -0.321. The van der Waals surface area contributed by atoms with Gasteiger partial charge in [0.05, 0.1) is 17.7 Å². The van der Waals surface area contributed by atoms with Gasteiger partial charge < -0.3 is 14.7 Å². The summed E-state index contributed by atoms with van der Waals surface area (Å²) in [6, 6.07) is 7.07. The minimum atomic E-state index is -4.49. The van der Waals surface area contributed by atoms with Crippen LogP contribution < -0.4 is 9.64 Å². The number of carbonyl (C=O) groups is 1. The molecule has 1 N–H and O–H groups in total. The Balaban J connectivity index is 1.46. The van der Waals surface area contributed by atoms with Crippen molar-refractivity contribution >= 4 is 21.6 Å². The monoisotopic (exact) mass is 502 g/mol. The third kappa shape index (κ3) is 4.16. The fourth-order valence-electron chi connectivity index (χ4n) is 4.47. The van der Waals surface area contributed by atoms with Gasteiger partial charge in [-0.1, -0.05) is 0 Å². The molecule has 0 bridgehead atoms. The molecule has 2 aliphatic rings. The zero-order valence-corrected chi connectivity index (χ0v) is 19.4. The van der Waals surface area contributed by atoms with E-state index in [2.05, 4.69) is 5.10 Å². The van der Waals surface area contributed by atoms with Crippen molar-refractivity contribution in [3.63, 3.8) is 0 Å². The molecule has 0 saturated carbocycles. The summed E-state index contributed by atoms with van der Waals surface area (Å²) in [5, 5.41) is 14.8. The first kappa shape index (κ1) is 24.5. The minimum Gasteiger partial charge on any atom is -0.481 e. The van der Waals surface area contributed by atoms with Gasteiger partial charge >= 0.3 is 6.18 Å². The quantitative estimate of drug-likeness (QED) is 0.670. The van der Waals surface area contributed by atoms with E-state index in [0.717, 1.165) is 11.2 Å². The van der Waals surface area contributed by atoms with Gasteiger partial charge in [0.1, 0.15) is 5.75 Å². The molecule has 0 aliphatic carbocycles. The van der Waals surface area contributed by atoms with Crippen molar-refractivity contribution in [2.24, 2.45) is 12.5 Å². The second kappa shape index (κ2) is 8.54. The summed E-state index contributed by atoms with van der Waals surface area (Å²) in [5.41, 5.74) is -0.663. The molecule has 2 fully saturated rings. The number of aliphatic hydroxyl groups is 1. The topological polar surface area (TPSA) is 105 Å². The van der Waals surface area contributed by atoms with Gasteiger partial charge in [-0.3, -0.25) is 9.48 Å². The Morgan fingerprint density at radius 3 is 2.38 bits per heavy atom. The van der Waals surface area contributed by atoms with E-state index in [4.69, 9.17) is 4.74 Å². The SMILES string of the molecule is CC(Oc1ccc(N2CCC3(CCN(S(=O)(=O)c4ccnn4C)CC3O)C2=O)cc1)C(F)(F)F. The summed E-state index contributed by atoms with van der Waals surface area (Å²) in [6.45, 7) is 1.04. The highest BCUT2D eigenvalue weighted by molar-refractivity contribution is 7.89. The minimum absolute atomic E-state index is 0.00262. The van der Waals surface area contributed by atoms with E-state index in [1.807, 2.05) is 0 Å². The molecule has 2 aliphatic heterocycles. The van der Waals surface area contributed by atoms with Crippen LogP contribution >= 0.6 is 0 Å². The van der Waals surface area contributed by atoms with Crippen LogP contribution in [0.2, 0.25) is 0 Å². The third-order valence-corrected chi connectivity index (χ3v) is 8.52. The average Bonchev–Trinajstić information content (AvgIpc) is 3.34. The highest BCUT2D eigenvalue weighted by Gasteiger charge is 2.55. The van der Waals surface area contributed by atoms with Crippen LogP contribution in [0.4, 0.5) is 18.9 Å². The molecule has 2 aromatic rings. The molecule has 3 heterocycles. The van der Waals surface area contributed by atoms with Crippen LogP contribution in [0.25, 0.3) is 0 Å². The first-order valence-corrected chi connectivity index (χ1v) is 12.1. The van der Waals surface area contributed by atoms with E-state index in [0.29, 0.717) is 18.7 Å². The molecule has 1 spiro atoms. The van der Waals surface area contributed by atoms with Crippen LogP contribution in [0.3, 0.4) is 0 Å². The Kier molecular flexibility index (Phi) is 6.15. The van der Waals surface area contributed by atoms with E-state index < -0.39 is 33.8 Å². The van der Waals surface area contributed by atoms with Crippen molar-refractivity contribution in [2.45, 2.75) is 43.2 Å². The van der Waals surface area contributed by atoms with Crippen LogP contribution in [0.1, 0.15) is 19.8 Å². The maximum atomic E-state index is 13.3. The van der Waals surface area contributed by atoms with Crippen molar-refractivity contribution in [1.82, 2.24) is 14.1 Å². The second-order valence-corrected chi connectivity index (χ2v) is 10.5. The molecule has 9 nitrogen and oxygen atoms in total. The van der Waals surface area contributed by atoms with Crippen molar-refractivity contribution in [3.05, 3.63) is 36.5 Å². The van der Waals surface area contributed by atoms with Gasteiger partial charge in [-0.2, -0.15) is 22.6 Å². The highest BCUT2D eigenvalue weighted by atomic mass is 32.2. The molecule has 2 saturated heterocycles. The number of halogens is 3. The number of β-amino-alcohol motifs (C(OH)–C–C–N with tert-alkyl or cyclic N) is 1. The van der Waals surface area contributed by atoms with Gasteiger partial charge in [0, 0.05) is 32.4 Å². The Bertz CT molecular complexity index is 1170. The normalized spacial score (nSPS) is 25.2. The van der Waals surface area contributed by atoms with Gasteiger partial charge in [0.25, 0.3) is 10.0 Å². The van der Waals surface area contributed by atoms with Crippen molar-refractivity contribution in [3.8, 4) is 5.75 Å². The third-order valence-electron chi connectivity index (χ3n) is 6.58. The fourth-order valence-corrected chi connectivity index (χ4v) is 6.01. The Labute approximate surface area is 194 Å². The van der Waals surface area contributed by atoms with E-state index in [1.165, 1.54) is 53.2 Å². The van der Waals surface area contributed by atoms with E-state index >= 15 is 0 Å². The Morgan fingerprint density at radius 1 is 1.18 bits per heavy atom. The maximum absolute atomic E-state index is 13.3. The van der Waals surface area contributed by atoms with Gasteiger partial charge in [0.2, 0.25) is 5.91 Å². The number of anilines is 1. The van der Waals surface area contributed by atoms with Crippen molar-refractivity contribution < 1.29 is 36.2 Å². The molecule has 3 unspecified atom stereocenters. The molecule has 186 valence electrons. The molecule has 3 atom stereocenters. The Hall–Kier alpha value is -2.64. The van der Waals surface area contributed by atoms with Crippen LogP contribution in [0.15, 0.2) is 41.6 Å². The number of ether oxygens (including phenoxy) is 1. The van der Waals surface area contributed by atoms with Gasteiger partial charge in [0.15, 0.2) is 11.1 Å². The number of aliphatic hydroxyl groups excluding tert-OH is 1. The first-order chi connectivity index (χ1) is 15.9. The lowest BCUT2D eigenvalue weighted by Gasteiger charge is -2.41. The number of aryl methyl sites for hydroxylation is 1. The largest absolute Gasteiger partial charge is 0.481 e. The zero-order valence-electron chi connectivity index (χ0n) is 18.6. The lowest BCUT2D eigenvalue weighted by molar-refractivity contribution is -0.189. The number of aromatic nitrogens is 2. The molecular formula is C21H25F3N4O5S. The number of benzene rings is 1. The van der Waals surface area contributed by atoms with Crippen LogP contribution in [0, 0.1) is 5.41 Å². The number of hydrogen-bond acceptors (Lipinski definition) is 6. The van der Waals surface area contributed by atoms with Crippen LogP contribution in [-0.2, 0) is 21.9 Å². The van der Waals surface area contributed by atoms with E-state index in [9.17, 15) is 31.5 Å². The molecule has 0 radical (unpaired) electrons. The number of nitrogens with zero attached hydrogens (tertiary/aromatic N) is 4. The molecule has 13 heteroatoms. The summed E-state index contributed by atoms with van der Waals surface area (Å²) >= 11 is 0. The molecule has 1 aromatic carbocycles. The predicted molar refractivity (Wildman–Crippen MR) is 115 cm³/mol. The van der Waals surface area contributed by atoms with Gasteiger partial charge in [-0.05, 0) is 50.1 Å². The molecule has 1 amide bonds. The summed E-state index contributed by atoms with van der Waals surface area (Å²) in [7, 11) is -2.37. The lowest BCUT2D eigenvalue weighted by Crippen LogP contribution is -2.55. The molecule has 4 rings (SSSR count). The number of piperidine rings is 1. The summed E-state index contributed by atoms with van der Waals surface area (Å²) in [6.07, 6.45) is -5.84. The van der Waals surface area contributed by atoms with Crippen molar-refractivity contribution in [1.29, 1.82) is 0 Å². The van der Waals surface area contributed by atoms with Gasteiger partial charge in [-0.25, -0.2) is 8.42 Å². The highest BCUT2D eigenvalue weighted by Crippen LogP contribution is 2.44. The smallest absolute Gasteiger partial charge is 0.425 e. The van der Waals surface area contributed by atoms with Gasteiger partial charge in [-0.15, -0.1) is 0 Å². The number of amides is 1. The predicted octanol–water partition coefficient (Wildman–Crippen LogP) is 1.93. The number of hydrogen-bond donors (Lipinski definition) is 1. The van der Waals surface area contributed by atoms with E-state index in [-0.39, 0.29) is 36.2 Å². The van der Waals surface area contributed by atoms with Crippen LogP contribution in [0.5, 0.6) is 5.75 Å². The maximum Gasteiger partial charge on any atom is 0.425 e. The summed E-state index contributed by atoms with van der Waals surface area (Å²) in [4.78, 5) is 14.8. The zero-order chi connectivity index (χ0) is 24.9. The average molecular weight is 503 g/mol.